The number of rotatable bonds is 7. The lowest BCUT2D eigenvalue weighted by Gasteiger charge is -2.14. The Hall–Kier alpha value is -2.29. The van der Waals surface area contributed by atoms with Crippen LogP contribution in [0.5, 0.6) is 5.75 Å². The number of hydrogen-bond acceptors (Lipinski definition) is 2. The van der Waals surface area contributed by atoms with Crippen LogP contribution in [0.3, 0.4) is 0 Å². The molecule has 2 rings (SSSR count). The lowest BCUT2D eigenvalue weighted by molar-refractivity contribution is -0.121. The van der Waals surface area contributed by atoms with Crippen molar-refractivity contribution in [1.29, 1.82) is 0 Å². The van der Waals surface area contributed by atoms with Crippen LogP contribution in [0, 0.1) is 6.92 Å². The molecule has 0 aliphatic heterocycles. The maximum atomic E-state index is 11.9. The van der Waals surface area contributed by atoms with E-state index in [4.69, 9.17) is 4.74 Å². The minimum Gasteiger partial charge on any atom is -0.494 e. The van der Waals surface area contributed by atoms with E-state index in [1.54, 1.807) is 0 Å². The minimum absolute atomic E-state index is 0.0340. The highest BCUT2D eigenvalue weighted by atomic mass is 16.5. The Balaban J connectivity index is 1.66. The molecule has 2 aromatic carbocycles. The molecule has 1 N–H and O–H groups in total. The van der Waals surface area contributed by atoms with Crippen LogP contribution in [-0.2, 0) is 4.79 Å². The van der Waals surface area contributed by atoms with Crippen molar-refractivity contribution in [2.45, 2.75) is 32.7 Å². The first-order chi connectivity index (χ1) is 10.6. The molecule has 3 heteroatoms. The Kier molecular flexibility index (Phi) is 6.01. The van der Waals surface area contributed by atoms with E-state index in [0.29, 0.717) is 19.4 Å². The average molecular weight is 297 g/mol. The predicted octanol–water partition coefficient (Wildman–Crippen LogP) is 4.03. The van der Waals surface area contributed by atoms with Crippen molar-refractivity contribution in [1.82, 2.24) is 5.32 Å². The molecule has 0 aliphatic carbocycles. The van der Waals surface area contributed by atoms with E-state index in [9.17, 15) is 4.79 Å². The Bertz CT molecular complexity index is 578. The van der Waals surface area contributed by atoms with E-state index in [2.05, 4.69) is 5.32 Å². The topological polar surface area (TPSA) is 38.3 Å². The quantitative estimate of drug-likeness (QED) is 0.784. The molecule has 0 aromatic heterocycles. The van der Waals surface area contributed by atoms with E-state index in [0.717, 1.165) is 11.3 Å². The summed E-state index contributed by atoms with van der Waals surface area (Å²) in [6.45, 7) is 4.59. The Labute approximate surface area is 132 Å². The van der Waals surface area contributed by atoms with Crippen LogP contribution in [0.15, 0.2) is 54.6 Å². The molecule has 0 saturated heterocycles. The van der Waals surface area contributed by atoms with Gasteiger partial charge >= 0.3 is 0 Å². The monoisotopic (exact) mass is 297 g/mol. The number of ether oxygens (including phenoxy) is 1. The highest BCUT2D eigenvalue weighted by Gasteiger charge is 2.08. The van der Waals surface area contributed by atoms with Gasteiger partial charge in [-0.3, -0.25) is 4.79 Å². The second-order valence-corrected chi connectivity index (χ2v) is 5.46. The molecular formula is C19H23NO2. The van der Waals surface area contributed by atoms with Gasteiger partial charge in [-0.15, -0.1) is 0 Å². The highest BCUT2D eigenvalue weighted by molar-refractivity contribution is 5.76. The van der Waals surface area contributed by atoms with Crippen molar-refractivity contribution >= 4 is 5.91 Å². The van der Waals surface area contributed by atoms with Crippen molar-refractivity contribution in [2.24, 2.45) is 0 Å². The molecule has 3 nitrogen and oxygen atoms in total. The van der Waals surface area contributed by atoms with Crippen LogP contribution in [0.2, 0.25) is 0 Å². The van der Waals surface area contributed by atoms with Crippen molar-refractivity contribution in [2.75, 3.05) is 6.61 Å². The van der Waals surface area contributed by atoms with Crippen molar-refractivity contribution < 1.29 is 9.53 Å². The summed E-state index contributed by atoms with van der Waals surface area (Å²) in [5.41, 5.74) is 2.33. The van der Waals surface area contributed by atoms with Crippen LogP contribution in [0.25, 0.3) is 0 Å². The molecular weight excluding hydrogens is 274 g/mol. The lowest BCUT2D eigenvalue weighted by atomic mass is 10.1. The normalized spacial score (nSPS) is 11.7. The van der Waals surface area contributed by atoms with E-state index >= 15 is 0 Å². The minimum atomic E-state index is 0.0340. The summed E-state index contributed by atoms with van der Waals surface area (Å²) in [5, 5.41) is 3.01. The number of nitrogens with one attached hydrogen (secondary N) is 1. The average Bonchev–Trinajstić information content (AvgIpc) is 2.54. The third kappa shape index (κ3) is 5.24. The first kappa shape index (κ1) is 16.1. The zero-order chi connectivity index (χ0) is 15.8. The van der Waals surface area contributed by atoms with Crippen LogP contribution < -0.4 is 10.1 Å². The fourth-order valence-corrected chi connectivity index (χ4v) is 2.20. The molecule has 0 fully saturated rings. The Morgan fingerprint density at radius 1 is 1.09 bits per heavy atom. The summed E-state index contributed by atoms with van der Waals surface area (Å²) in [7, 11) is 0. The number of amides is 1. The Morgan fingerprint density at radius 2 is 1.77 bits per heavy atom. The fraction of sp³-hybridized carbons (Fsp3) is 0.316. The SMILES string of the molecule is Cc1ccc(OCCCC(=O)N[C@H](C)c2ccccc2)cc1. The van der Waals surface area contributed by atoms with Gasteiger partial charge in [0.15, 0.2) is 0 Å². The van der Waals surface area contributed by atoms with Crippen LogP contribution >= 0.6 is 0 Å². The maximum Gasteiger partial charge on any atom is 0.220 e. The van der Waals surface area contributed by atoms with Crippen LogP contribution in [0.4, 0.5) is 0 Å². The van der Waals surface area contributed by atoms with E-state index in [-0.39, 0.29) is 11.9 Å². The fourth-order valence-electron chi connectivity index (χ4n) is 2.20. The first-order valence-corrected chi connectivity index (χ1v) is 7.69. The maximum absolute atomic E-state index is 11.9. The largest absolute Gasteiger partial charge is 0.494 e. The van der Waals surface area contributed by atoms with Gasteiger partial charge in [-0.2, -0.15) is 0 Å². The number of carbonyl (C=O) groups excluding carboxylic acids is 1. The van der Waals surface area contributed by atoms with Gasteiger partial charge in [-0.25, -0.2) is 0 Å². The number of carbonyl (C=O) groups is 1. The molecule has 22 heavy (non-hydrogen) atoms. The number of benzene rings is 2. The molecule has 0 bridgehead atoms. The zero-order valence-electron chi connectivity index (χ0n) is 13.2. The molecule has 0 spiro atoms. The van der Waals surface area contributed by atoms with Gasteiger partial charge in [0.25, 0.3) is 0 Å². The van der Waals surface area contributed by atoms with Crippen molar-refractivity contribution in [3.8, 4) is 5.75 Å². The third-order valence-electron chi connectivity index (χ3n) is 3.51. The molecule has 0 radical (unpaired) electrons. The second kappa shape index (κ2) is 8.23. The molecule has 1 atom stereocenters. The molecule has 0 heterocycles. The van der Waals surface area contributed by atoms with Gasteiger partial charge in [0.05, 0.1) is 12.6 Å². The van der Waals surface area contributed by atoms with Gasteiger partial charge in [0.1, 0.15) is 5.75 Å². The molecule has 0 aliphatic rings. The zero-order valence-corrected chi connectivity index (χ0v) is 13.2. The first-order valence-electron chi connectivity index (χ1n) is 7.69. The van der Waals surface area contributed by atoms with E-state index in [1.807, 2.05) is 68.4 Å². The summed E-state index contributed by atoms with van der Waals surface area (Å²) in [6.07, 6.45) is 1.18. The standard InChI is InChI=1S/C19H23NO2/c1-15-10-12-18(13-11-15)22-14-6-9-19(21)20-16(2)17-7-4-3-5-8-17/h3-5,7-8,10-13,16H,6,9,14H2,1-2H3,(H,20,21)/t16-/m1/s1. The van der Waals surface area contributed by atoms with E-state index in [1.165, 1.54) is 5.56 Å². The van der Waals surface area contributed by atoms with Crippen LogP contribution in [-0.4, -0.2) is 12.5 Å². The predicted molar refractivity (Wildman–Crippen MR) is 88.9 cm³/mol. The van der Waals surface area contributed by atoms with Gasteiger partial charge in [-0.1, -0.05) is 48.0 Å². The lowest BCUT2D eigenvalue weighted by Crippen LogP contribution is -2.26. The molecule has 0 unspecified atom stereocenters. The Morgan fingerprint density at radius 3 is 2.45 bits per heavy atom. The van der Waals surface area contributed by atoms with Crippen LogP contribution in [0.1, 0.15) is 36.9 Å². The molecule has 116 valence electrons. The van der Waals surface area contributed by atoms with Gasteiger partial charge in [0.2, 0.25) is 5.91 Å². The molecule has 0 saturated carbocycles. The number of hydrogen-bond donors (Lipinski definition) is 1. The van der Waals surface area contributed by atoms with E-state index < -0.39 is 0 Å². The van der Waals surface area contributed by atoms with Gasteiger partial charge in [0, 0.05) is 6.42 Å². The van der Waals surface area contributed by atoms with Gasteiger partial charge < -0.3 is 10.1 Å². The van der Waals surface area contributed by atoms with Gasteiger partial charge in [-0.05, 0) is 38.0 Å². The summed E-state index contributed by atoms with van der Waals surface area (Å²) in [6, 6.07) is 17.9. The third-order valence-corrected chi connectivity index (χ3v) is 3.51. The summed E-state index contributed by atoms with van der Waals surface area (Å²) in [4.78, 5) is 11.9. The summed E-state index contributed by atoms with van der Waals surface area (Å²) >= 11 is 0. The molecule has 1 amide bonds. The number of aryl methyl sites for hydroxylation is 1. The smallest absolute Gasteiger partial charge is 0.220 e. The second-order valence-electron chi connectivity index (χ2n) is 5.46. The highest BCUT2D eigenvalue weighted by Crippen LogP contribution is 2.13. The molecule has 2 aromatic rings. The summed E-state index contributed by atoms with van der Waals surface area (Å²) in [5.74, 6) is 0.910. The van der Waals surface area contributed by atoms with Crippen molar-refractivity contribution in [3.05, 3.63) is 65.7 Å². The van der Waals surface area contributed by atoms with Crippen molar-refractivity contribution in [3.63, 3.8) is 0 Å². The summed E-state index contributed by atoms with van der Waals surface area (Å²) < 4.78 is 5.62.